The van der Waals surface area contributed by atoms with Crippen LogP contribution in [0.4, 0.5) is 0 Å². The van der Waals surface area contributed by atoms with Gasteiger partial charge in [-0.05, 0) is 33.1 Å². The van der Waals surface area contributed by atoms with Gasteiger partial charge in [-0.2, -0.15) is 5.10 Å². The topological polar surface area (TPSA) is 67.0 Å². The van der Waals surface area contributed by atoms with Crippen molar-refractivity contribution in [2.45, 2.75) is 39.2 Å². The molecule has 1 unspecified atom stereocenters. The molecule has 1 aliphatic heterocycles. The number of amides is 1. The third-order valence-corrected chi connectivity index (χ3v) is 3.13. The van der Waals surface area contributed by atoms with Crippen molar-refractivity contribution in [2.75, 3.05) is 13.2 Å². The van der Waals surface area contributed by atoms with E-state index in [-0.39, 0.29) is 5.91 Å². The van der Waals surface area contributed by atoms with Crippen molar-refractivity contribution in [1.82, 2.24) is 15.5 Å². The van der Waals surface area contributed by atoms with E-state index >= 15 is 0 Å². The van der Waals surface area contributed by atoms with Gasteiger partial charge in [0.25, 0.3) is 5.91 Å². The number of nitrogens with zero attached hydrogens (tertiary/aromatic N) is 1. The minimum absolute atomic E-state index is 0.0493. The quantitative estimate of drug-likeness (QED) is 0.830. The molecule has 2 N–H and O–H groups in total. The Morgan fingerprint density at radius 2 is 2.41 bits per heavy atom. The standard InChI is InChI=1S/C12H19N3O2/c1-8-11(9(2)15-14-8)12(16)13-6-5-10-4-3-7-17-10/h10H,3-7H2,1-2H3,(H,13,16)(H,14,15). The minimum Gasteiger partial charge on any atom is -0.378 e. The molecule has 1 atom stereocenters. The average Bonchev–Trinajstić information content (AvgIpc) is 2.89. The van der Waals surface area contributed by atoms with Gasteiger partial charge in [-0.25, -0.2) is 0 Å². The highest BCUT2D eigenvalue weighted by atomic mass is 16.5. The van der Waals surface area contributed by atoms with Gasteiger partial charge < -0.3 is 10.1 Å². The first kappa shape index (κ1) is 12.1. The molecule has 2 rings (SSSR count). The van der Waals surface area contributed by atoms with Crippen LogP contribution in [0.3, 0.4) is 0 Å². The number of carbonyl (C=O) groups is 1. The summed E-state index contributed by atoms with van der Waals surface area (Å²) in [4.78, 5) is 11.9. The lowest BCUT2D eigenvalue weighted by molar-refractivity contribution is 0.0906. The summed E-state index contributed by atoms with van der Waals surface area (Å²) in [5.74, 6) is -0.0493. The zero-order valence-electron chi connectivity index (χ0n) is 10.4. The number of H-pyrrole nitrogens is 1. The normalized spacial score (nSPS) is 19.5. The van der Waals surface area contributed by atoms with Gasteiger partial charge in [0.2, 0.25) is 0 Å². The maximum absolute atomic E-state index is 11.9. The second-order valence-electron chi connectivity index (χ2n) is 4.49. The third kappa shape index (κ3) is 2.85. The highest BCUT2D eigenvalue weighted by Gasteiger charge is 2.17. The molecule has 5 heteroatoms. The Morgan fingerprint density at radius 1 is 1.59 bits per heavy atom. The molecule has 1 aliphatic rings. The van der Waals surface area contributed by atoms with Crippen LogP contribution in [-0.2, 0) is 4.74 Å². The SMILES string of the molecule is Cc1n[nH]c(C)c1C(=O)NCCC1CCCO1. The maximum Gasteiger partial charge on any atom is 0.255 e. The number of hydrogen-bond acceptors (Lipinski definition) is 3. The number of ether oxygens (including phenoxy) is 1. The van der Waals surface area contributed by atoms with E-state index in [9.17, 15) is 4.79 Å². The molecule has 1 amide bonds. The predicted molar refractivity (Wildman–Crippen MR) is 64.0 cm³/mol. The van der Waals surface area contributed by atoms with Gasteiger partial charge in [0.15, 0.2) is 0 Å². The number of carbonyl (C=O) groups excluding carboxylic acids is 1. The third-order valence-electron chi connectivity index (χ3n) is 3.13. The van der Waals surface area contributed by atoms with Crippen LogP contribution in [0.2, 0.25) is 0 Å². The Hall–Kier alpha value is -1.36. The summed E-state index contributed by atoms with van der Waals surface area (Å²) in [5, 5.41) is 9.74. The van der Waals surface area contributed by atoms with Crippen molar-refractivity contribution < 1.29 is 9.53 Å². The largest absolute Gasteiger partial charge is 0.378 e. The summed E-state index contributed by atoms with van der Waals surface area (Å²) < 4.78 is 5.50. The number of nitrogens with one attached hydrogen (secondary N) is 2. The molecule has 0 spiro atoms. The lowest BCUT2D eigenvalue weighted by atomic mass is 10.1. The molecule has 5 nitrogen and oxygen atoms in total. The summed E-state index contributed by atoms with van der Waals surface area (Å²) in [6, 6.07) is 0. The molecule has 0 saturated carbocycles. The summed E-state index contributed by atoms with van der Waals surface area (Å²) in [5.41, 5.74) is 2.23. The fraction of sp³-hybridized carbons (Fsp3) is 0.667. The van der Waals surface area contributed by atoms with Crippen LogP contribution >= 0.6 is 0 Å². The number of rotatable bonds is 4. The molecular formula is C12H19N3O2. The van der Waals surface area contributed by atoms with Crippen molar-refractivity contribution in [3.05, 3.63) is 17.0 Å². The average molecular weight is 237 g/mol. The van der Waals surface area contributed by atoms with Crippen LogP contribution in [0.25, 0.3) is 0 Å². The fourth-order valence-electron chi connectivity index (χ4n) is 2.19. The second kappa shape index (κ2) is 5.31. The van der Waals surface area contributed by atoms with E-state index in [1.807, 2.05) is 13.8 Å². The summed E-state index contributed by atoms with van der Waals surface area (Å²) in [6.45, 7) is 5.21. The Morgan fingerprint density at radius 3 is 3.00 bits per heavy atom. The molecule has 0 aliphatic carbocycles. The lowest BCUT2D eigenvalue weighted by Gasteiger charge is -2.10. The summed E-state index contributed by atoms with van der Waals surface area (Å²) >= 11 is 0. The number of hydrogen-bond donors (Lipinski definition) is 2. The summed E-state index contributed by atoms with van der Waals surface area (Å²) in [7, 11) is 0. The van der Waals surface area contributed by atoms with Crippen molar-refractivity contribution in [1.29, 1.82) is 0 Å². The van der Waals surface area contributed by atoms with Gasteiger partial charge in [-0.3, -0.25) is 9.89 Å². The molecule has 2 heterocycles. The lowest BCUT2D eigenvalue weighted by Crippen LogP contribution is -2.27. The van der Waals surface area contributed by atoms with Crippen LogP contribution in [-0.4, -0.2) is 35.4 Å². The van der Waals surface area contributed by atoms with Gasteiger partial charge in [0, 0.05) is 18.8 Å². The Labute approximate surface area is 101 Å². The van der Waals surface area contributed by atoms with E-state index in [1.54, 1.807) is 0 Å². The predicted octanol–water partition coefficient (Wildman–Crippen LogP) is 1.33. The molecule has 0 radical (unpaired) electrons. The van der Waals surface area contributed by atoms with E-state index in [1.165, 1.54) is 0 Å². The van der Waals surface area contributed by atoms with Crippen LogP contribution in [0.5, 0.6) is 0 Å². The van der Waals surface area contributed by atoms with Crippen LogP contribution in [0, 0.1) is 13.8 Å². The van der Waals surface area contributed by atoms with E-state index < -0.39 is 0 Å². The van der Waals surface area contributed by atoms with E-state index in [0.29, 0.717) is 18.2 Å². The maximum atomic E-state index is 11.9. The van der Waals surface area contributed by atoms with Gasteiger partial charge in [-0.15, -0.1) is 0 Å². The highest BCUT2D eigenvalue weighted by Crippen LogP contribution is 2.14. The first-order valence-electron chi connectivity index (χ1n) is 6.10. The molecule has 0 aromatic carbocycles. The number of aromatic amines is 1. The molecule has 1 aromatic rings. The van der Waals surface area contributed by atoms with Gasteiger partial charge in [-0.1, -0.05) is 0 Å². The van der Waals surface area contributed by atoms with Crippen LogP contribution in [0.1, 0.15) is 41.0 Å². The van der Waals surface area contributed by atoms with E-state index in [4.69, 9.17) is 4.74 Å². The second-order valence-corrected chi connectivity index (χ2v) is 4.49. The summed E-state index contributed by atoms with van der Waals surface area (Å²) in [6.07, 6.45) is 3.46. The Bertz CT molecular complexity index is 375. The number of aryl methyl sites for hydroxylation is 2. The van der Waals surface area contributed by atoms with E-state index in [0.717, 1.165) is 37.3 Å². The molecule has 1 aromatic heterocycles. The molecule has 1 saturated heterocycles. The van der Waals surface area contributed by atoms with Gasteiger partial charge in [0.05, 0.1) is 17.4 Å². The molecule has 0 bridgehead atoms. The van der Waals surface area contributed by atoms with E-state index in [2.05, 4.69) is 15.5 Å². The van der Waals surface area contributed by atoms with Crippen molar-refractivity contribution in [3.63, 3.8) is 0 Å². The van der Waals surface area contributed by atoms with Crippen molar-refractivity contribution in [3.8, 4) is 0 Å². The number of aromatic nitrogens is 2. The van der Waals surface area contributed by atoms with Crippen molar-refractivity contribution >= 4 is 5.91 Å². The highest BCUT2D eigenvalue weighted by molar-refractivity contribution is 5.96. The van der Waals surface area contributed by atoms with Crippen LogP contribution < -0.4 is 5.32 Å². The molecule has 1 fully saturated rings. The molecule has 94 valence electrons. The molecule has 17 heavy (non-hydrogen) atoms. The zero-order valence-corrected chi connectivity index (χ0v) is 10.4. The zero-order chi connectivity index (χ0) is 12.3. The molecular weight excluding hydrogens is 218 g/mol. The minimum atomic E-state index is -0.0493. The first-order chi connectivity index (χ1) is 8.18. The first-order valence-corrected chi connectivity index (χ1v) is 6.10. The fourth-order valence-corrected chi connectivity index (χ4v) is 2.19. The monoisotopic (exact) mass is 237 g/mol. The smallest absolute Gasteiger partial charge is 0.255 e. The Balaban J connectivity index is 1.81. The Kier molecular flexibility index (Phi) is 3.78. The van der Waals surface area contributed by atoms with Gasteiger partial charge in [0.1, 0.15) is 0 Å². The van der Waals surface area contributed by atoms with Crippen molar-refractivity contribution in [2.24, 2.45) is 0 Å². The van der Waals surface area contributed by atoms with Gasteiger partial charge >= 0.3 is 0 Å². The van der Waals surface area contributed by atoms with Crippen LogP contribution in [0.15, 0.2) is 0 Å².